The highest BCUT2D eigenvalue weighted by atomic mass is 35.5. The van der Waals surface area contributed by atoms with E-state index in [1.54, 1.807) is 6.07 Å². The van der Waals surface area contributed by atoms with E-state index in [9.17, 15) is 9.18 Å². The summed E-state index contributed by atoms with van der Waals surface area (Å²) in [6.07, 6.45) is 2.80. The SMILES string of the molecule is O=C(c1ccccc1F)c1cnccc1Cl. The fraction of sp³-hybridized carbons (Fsp3) is 0. The van der Waals surface area contributed by atoms with Crippen molar-refractivity contribution in [2.45, 2.75) is 0 Å². The van der Waals surface area contributed by atoms with Crippen LogP contribution in [0.15, 0.2) is 42.7 Å². The molecule has 0 N–H and O–H groups in total. The molecule has 0 saturated carbocycles. The Hall–Kier alpha value is -1.74. The molecule has 0 fully saturated rings. The number of halogens is 2. The predicted molar refractivity (Wildman–Crippen MR) is 59.1 cm³/mol. The Kier molecular flexibility index (Phi) is 2.97. The molecule has 0 radical (unpaired) electrons. The number of carbonyl (C=O) groups excluding carboxylic acids is 1. The molecule has 2 nitrogen and oxygen atoms in total. The fourth-order valence-electron chi connectivity index (χ4n) is 1.34. The van der Waals surface area contributed by atoms with Gasteiger partial charge in [-0.2, -0.15) is 0 Å². The number of nitrogens with zero attached hydrogens (tertiary/aromatic N) is 1. The first kappa shape index (κ1) is 10.8. The van der Waals surface area contributed by atoms with Crippen LogP contribution in [0.1, 0.15) is 15.9 Å². The van der Waals surface area contributed by atoms with Gasteiger partial charge in [-0.1, -0.05) is 23.7 Å². The molecule has 2 rings (SSSR count). The minimum absolute atomic E-state index is 0.00241. The van der Waals surface area contributed by atoms with E-state index >= 15 is 0 Å². The van der Waals surface area contributed by atoms with Gasteiger partial charge in [0.1, 0.15) is 5.82 Å². The Labute approximate surface area is 96.7 Å². The monoisotopic (exact) mass is 235 g/mol. The maximum Gasteiger partial charge on any atom is 0.199 e. The van der Waals surface area contributed by atoms with Gasteiger partial charge in [0.05, 0.1) is 16.1 Å². The van der Waals surface area contributed by atoms with Crippen molar-refractivity contribution in [3.63, 3.8) is 0 Å². The number of benzene rings is 1. The number of ketones is 1. The molecule has 0 saturated heterocycles. The van der Waals surface area contributed by atoms with E-state index in [1.807, 2.05) is 0 Å². The molecule has 0 aliphatic heterocycles. The highest BCUT2D eigenvalue weighted by Gasteiger charge is 2.15. The Balaban J connectivity index is 2.48. The normalized spacial score (nSPS) is 10.1. The maximum absolute atomic E-state index is 13.4. The summed E-state index contributed by atoms with van der Waals surface area (Å²) < 4.78 is 13.4. The van der Waals surface area contributed by atoms with Crippen LogP contribution in [0, 0.1) is 5.82 Å². The summed E-state index contributed by atoms with van der Waals surface area (Å²) in [6, 6.07) is 7.27. The number of aromatic nitrogens is 1. The Morgan fingerprint density at radius 3 is 2.62 bits per heavy atom. The van der Waals surface area contributed by atoms with Crippen molar-refractivity contribution < 1.29 is 9.18 Å². The highest BCUT2D eigenvalue weighted by Crippen LogP contribution is 2.19. The van der Waals surface area contributed by atoms with Crippen LogP contribution in [0.5, 0.6) is 0 Å². The molecule has 0 aliphatic carbocycles. The van der Waals surface area contributed by atoms with Gasteiger partial charge in [0.15, 0.2) is 5.78 Å². The average molecular weight is 236 g/mol. The van der Waals surface area contributed by atoms with Crippen molar-refractivity contribution in [2.24, 2.45) is 0 Å². The second kappa shape index (κ2) is 4.41. The van der Waals surface area contributed by atoms with E-state index in [0.717, 1.165) is 0 Å². The zero-order valence-corrected chi connectivity index (χ0v) is 8.91. The lowest BCUT2D eigenvalue weighted by molar-refractivity contribution is 0.103. The van der Waals surface area contributed by atoms with Gasteiger partial charge in [-0.15, -0.1) is 0 Å². The molecular weight excluding hydrogens is 229 g/mol. The first-order valence-electron chi connectivity index (χ1n) is 4.59. The lowest BCUT2D eigenvalue weighted by atomic mass is 10.0. The molecule has 4 heteroatoms. The number of carbonyl (C=O) groups is 1. The van der Waals surface area contributed by atoms with Crippen LogP contribution in [0.25, 0.3) is 0 Å². The molecule has 0 bridgehead atoms. The van der Waals surface area contributed by atoms with Crippen molar-refractivity contribution in [1.29, 1.82) is 0 Å². The van der Waals surface area contributed by atoms with Crippen LogP contribution in [0.3, 0.4) is 0 Å². The summed E-state index contributed by atoms with van der Waals surface area (Å²) >= 11 is 5.84. The first-order valence-corrected chi connectivity index (χ1v) is 4.96. The summed E-state index contributed by atoms with van der Waals surface area (Å²) in [6.45, 7) is 0. The summed E-state index contributed by atoms with van der Waals surface area (Å²) in [7, 11) is 0. The fourth-order valence-corrected chi connectivity index (χ4v) is 1.53. The Morgan fingerprint density at radius 1 is 1.19 bits per heavy atom. The minimum Gasteiger partial charge on any atom is -0.288 e. The number of rotatable bonds is 2. The van der Waals surface area contributed by atoms with Crippen LogP contribution < -0.4 is 0 Å². The van der Waals surface area contributed by atoms with Gasteiger partial charge in [-0.05, 0) is 18.2 Å². The van der Waals surface area contributed by atoms with Gasteiger partial charge < -0.3 is 0 Å². The summed E-state index contributed by atoms with van der Waals surface area (Å²) in [5.74, 6) is -1.02. The third-order valence-electron chi connectivity index (χ3n) is 2.13. The molecular formula is C12H7ClFNO. The van der Waals surface area contributed by atoms with Crippen molar-refractivity contribution in [2.75, 3.05) is 0 Å². The molecule has 0 amide bonds. The predicted octanol–water partition coefficient (Wildman–Crippen LogP) is 3.11. The van der Waals surface area contributed by atoms with E-state index in [4.69, 9.17) is 11.6 Å². The van der Waals surface area contributed by atoms with Crippen LogP contribution >= 0.6 is 11.6 Å². The van der Waals surface area contributed by atoms with E-state index in [1.165, 1.54) is 36.7 Å². The standard InChI is InChI=1S/C12H7ClFNO/c13-10-5-6-15-7-9(10)12(16)8-3-1-2-4-11(8)14/h1-7H. The maximum atomic E-state index is 13.4. The van der Waals surface area contributed by atoms with Crippen molar-refractivity contribution in [1.82, 2.24) is 4.98 Å². The first-order chi connectivity index (χ1) is 7.70. The summed E-state index contributed by atoms with van der Waals surface area (Å²) in [5.41, 5.74) is 0.201. The van der Waals surface area contributed by atoms with Gasteiger partial charge in [-0.3, -0.25) is 9.78 Å². The summed E-state index contributed by atoms with van der Waals surface area (Å²) in [4.78, 5) is 15.7. The van der Waals surface area contributed by atoms with Gasteiger partial charge in [0.2, 0.25) is 0 Å². The lowest BCUT2D eigenvalue weighted by Gasteiger charge is -2.03. The van der Waals surface area contributed by atoms with Gasteiger partial charge in [-0.25, -0.2) is 4.39 Å². The van der Waals surface area contributed by atoms with Gasteiger partial charge in [0, 0.05) is 12.4 Å². The summed E-state index contributed by atoms with van der Waals surface area (Å²) in [5, 5.41) is 0.267. The minimum atomic E-state index is -0.563. The van der Waals surface area contributed by atoms with Crippen LogP contribution in [0.4, 0.5) is 4.39 Å². The van der Waals surface area contributed by atoms with Crippen molar-refractivity contribution >= 4 is 17.4 Å². The number of hydrogen-bond acceptors (Lipinski definition) is 2. The molecule has 80 valence electrons. The molecule has 2 aromatic rings. The average Bonchev–Trinajstić information content (AvgIpc) is 2.29. The smallest absolute Gasteiger partial charge is 0.199 e. The molecule has 1 heterocycles. The number of hydrogen-bond donors (Lipinski definition) is 0. The van der Waals surface area contributed by atoms with E-state index in [2.05, 4.69) is 4.98 Å². The third kappa shape index (κ3) is 1.95. The molecule has 0 unspecified atom stereocenters. The van der Waals surface area contributed by atoms with E-state index < -0.39 is 11.6 Å². The molecule has 1 aromatic heterocycles. The topological polar surface area (TPSA) is 30.0 Å². The van der Waals surface area contributed by atoms with Crippen molar-refractivity contribution in [3.05, 3.63) is 64.7 Å². The Bertz CT molecular complexity index is 495. The van der Waals surface area contributed by atoms with Gasteiger partial charge >= 0.3 is 0 Å². The molecule has 0 atom stereocenters. The molecule has 16 heavy (non-hydrogen) atoms. The Morgan fingerprint density at radius 2 is 1.94 bits per heavy atom. The highest BCUT2D eigenvalue weighted by molar-refractivity contribution is 6.34. The third-order valence-corrected chi connectivity index (χ3v) is 2.46. The van der Waals surface area contributed by atoms with Crippen LogP contribution in [-0.2, 0) is 0 Å². The zero-order chi connectivity index (χ0) is 11.5. The van der Waals surface area contributed by atoms with Gasteiger partial charge in [0.25, 0.3) is 0 Å². The quantitative estimate of drug-likeness (QED) is 0.749. The second-order valence-electron chi connectivity index (χ2n) is 3.16. The number of pyridine rings is 1. The lowest BCUT2D eigenvalue weighted by Crippen LogP contribution is -2.05. The second-order valence-corrected chi connectivity index (χ2v) is 3.57. The van der Waals surface area contributed by atoms with Crippen LogP contribution in [-0.4, -0.2) is 10.8 Å². The molecule has 1 aromatic carbocycles. The largest absolute Gasteiger partial charge is 0.288 e. The zero-order valence-electron chi connectivity index (χ0n) is 8.15. The van der Waals surface area contributed by atoms with Crippen LogP contribution in [0.2, 0.25) is 5.02 Å². The molecule has 0 spiro atoms. The van der Waals surface area contributed by atoms with E-state index in [0.29, 0.717) is 0 Å². The molecule has 0 aliphatic rings. The van der Waals surface area contributed by atoms with E-state index in [-0.39, 0.29) is 16.1 Å². The van der Waals surface area contributed by atoms with Crippen molar-refractivity contribution in [3.8, 4) is 0 Å².